The van der Waals surface area contributed by atoms with Crippen LogP contribution in [0, 0.1) is 0 Å². The van der Waals surface area contributed by atoms with Crippen LogP contribution in [0.3, 0.4) is 0 Å². The molecule has 7 aromatic carbocycles. The summed E-state index contributed by atoms with van der Waals surface area (Å²) >= 11 is 0. The normalized spacial score (nSPS) is 10.9. The Hall–Kier alpha value is -10.0. The fourth-order valence-electron chi connectivity index (χ4n) is 8.43. The summed E-state index contributed by atoms with van der Waals surface area (Å²) in [6.45, 7) is 0.446. The number of rotatable bonds is 16. The number of amides is 1. The van der Waals surface area contributed by atoms with Crippen molar-refractivity contribution in [3.05, 3.63) is 291 Å². The van der Waals surface area contributed by atoms with Crippen molar-refractivity contribution < 1.29 is 37.4 Å². The second-order valence-corrected chi connectivity index (χ2v) is 17.4. The maximum atomic E-state index is 12.9. The van der Waals surface area contributed by atoms with Gasteiger partial charge in [-0.25, -0.2) is 0 Å². The maximum absolute atomic E-state index is 12.9. The Kier molecular flexibility index (Phi) is 13.7. The van der Waals surface area contributed by atoms with Gasteiger partial charge in [-0.15, -0.1) is 0 Å². The van der Waals surface area contributed by atoms with Gasteiger partial charge in [-0.1, -0.05) is 54.6 Å². The van der Waals surface area contributed by atoms with Gasteiger partial charge in [0.15, 0.2) is 49.6 Å². The Labute approximate surface area is 429 Å². The average Bonchev–Trinajstić information content (AvgIpc) is 3.47. The SMILES string of the molecule is O=C(Nc1ccccc1)c1cccc(-[n+]2ccc(-c3cc[n+](-c4ccc(Oc5ccc(Oc6ccc(-[n+]7ccc(-c8cc[n+](-c9cccc(CONc%10ccccc%10)c9)cc8)cc7)cc6)cc5)cc4)cc3)cc2)c1. The lowest BCUT2D eigenvalue weighted by Gasteiger charge is -2.09. The summed E-state index contributed by atoms with van der Waals surface area (Å²) in [4.78, 5) is 18.6. The van der Waals surface area contributed by atoms with E-state index in [-0.39, 0.29) is 5.91 Å². The Morgan fingerprint density at radius 1 is 0.351 bits per heavy atom. The summed E-state index contributed by atoms with van der Waals surface area (Å²) in [5.41, 5.74) is 14.8. The molecule has 0 bridgehead atoms. The van der Waals surface area contributed by atoms with Gasteiger partial charge in [0.2, 0.25) is 22.7 Å². The smallest absolute Gasteiger partial charge is 0.255 e. The predicted octanol–water partition coefficient (Wildman–Crippen LogP) is 12.5. The van der Waals surface area contributed by atoms with Crippen LogP contribution in [0.4, 0.5) is 11.4 Å². The number of nitrogens with one attached hydrogen (secondary N) is 2. The molecule has 10 heteroatoms. The Morgan fingerprint density at radius 3 is 1.18 bits per heavy atom. The maximum Gasteiger partial charge on any atom is 0.255 e. The molecular formula is C64H50N6O4+4. The predicted molar refractivity (Wildman–Crippen MR) is 286 cm³/mol. The summed E-state index contributed by atoms with van der Waals surface area (Å²) in [5.74, 6) is 2.74. The molecule has 0 unspecified atom stereocenters. The van der Waals surface area contributed by atoms with Gasteiger partial charge in [0.25, 0.3) is 5.91 Å². The minimum absolute atomic E-state index is 0.150. The molecule has 0 atom stereocenters. The first-order chi connectivity index (χ1) is 36.5. The number of pyridine rings is 4. The molecule has 356 valence electrons. The van der Waals surface area contributed by atoms with Crippen LogP contribution < -0.4 is 38.5 Å². The first kappa shape index (κ1) is 46.4. The molecule has 74 heavy (non-hydrogen) atoms. The van der Waals surface area contributed by atoms with E-state index in [4.69, 9.17) is 14.3 Å². The van der Waals surface area contributed by atoms with Gasteiger partial charge >= 0.3 is 0 Å². The van der Waals surface area contributed by atoms with E-state index in [2.05, 4.69) is 128 Å². The van der Waals surface area contributed by atoms with Crippen molar-refractivity contribution in [2.24, 2.45) is 0 Å². The molecule has 1 amide bonds. The van der Waals surface area contributed by atoms with Crippen LogP contribution in [0.25, 0.3) is 45.0 Å². The van der Waals surface area contributed by atoms with Crippen molar-refractivity contribution in [1.29, 1.82) is 0 Å². The van der Waals surface area contributed by atoms with E-state index in [0.717, 1.165) is 73.4 Å². The second-order valence-electron chi connectivity index (χ2n) is 17.4. The molecular weight excluding hydrogens is 917 g/mol. The van der Waals surface area contributed by atoms with Gasteiger partial charge in [-0.05, 0) is 107 Å². The lowest BCUT2D eigenvalue weighted by molar-refractivity contribution is -0.596. The van der Waals surface area contributed by atoms with E-state index in [1.54, 1.807) is 0 Å². The van der Waals surface area contributed by atoms with E-state index in [0.29, 0.717) is 23.7 Å². The highest BCUT2D eigenvalue weighted by Crippen LogP contribution is 2.28. The molecule has 0 aliphatic carbocycles. The summed E-state index contributed by atoms with van der Waals surface area (Å²) in [7, 11) is 0. The first-order valence-electron chi connectivity index (χ1n) is 24.2. The van der Waals surface area contributed by atoms with Crippen molar-refractivity contribution in [3.8, 4) is 68.0 Å². The zero-order chi connectivity index (χ0) is 49.9. The van der Waals surface area contributed by atoms with Crippen molar-refractivity contribution in [3.63, 3.8) is 0 Å². The summed E-state index contributed by atoms with van der Waals surface area (Å²) in [6, 6.07) is 75.7. The average molecular weight is 967 g/mol. The number of ether oxygens (including phenoxy) is 2. The van der Waals surface area contributed by atoms with Crippen molar-refractivity contribution in [2.75, 3.05) is 10.8 Å². The van der Waals surface area contributed by atoms with Gasteiger partial charge in [0.1, 0.15) is 23.0 Å². The highest BCUT2D eigenvalue weighted by Gasteiger charge is 2.15. The molecule has 2 N–H and O–H groups in total. The van der Waals surface area contributed by atoms with Crippen LogP contribution in [-0.2, 0) is 11.4 Å². The Bertz CT molecular complexity index is 3620. The van der Waals surface area contributed by atoms with Gasteiger partial charge in [0.05, 0.1) is 12.3 Å². The molecule has 4 heterocycles. The minimum Gasteiger partial charge on any atom is -0.457 e. The fourth-order valence-corrected chi connectivity index (χ4v) is 8.43. The van der Waals surface area contributed by atoms with Crippen LogP contribution in [0.1, 0.15) is 15.9 Å². The summed E-state index contributed by atoms with van der Waals surface area (Å²) in [5, 5.41) is 2.96. The second kappa shape index (κ2) is 21.9. The van der Waals surface area contributed by atoms with E-state index < -0.39 is 0 Å². The number of carbonyl (C=O) groups is 1. The van der Waals surface area contributed by atoms with Crippen LogP contribution in [0.2, 0.25) is 0 Å². The molecule has 0 saturated heterocycles. The molecule has 0 spiro atoms. The van der Waals surface area contributed by atoms with E-state index in [1.165, 1.54) is 0 Å². The molecule has 0 saturated carbocycles. The molecule has 0 fully saturated rings. The fraction of sp³-hybridized carbons (Fsp3) is 0.0156. The van der Waals surface area contributed by atoms with Crippen molar-refractivity contribution in [2.45, 2.75) is 6.61 Å². The van der Waals surface area contributed by atoms with Crippen LogP contribution in [0.15, 0.2) is 280 Å². The quantitative estimate of drug-likeness (QED) is 0.0744. The van der Waals surface area contributed by atoms with E-state index in [1.807, 2.05) is 181 Å². The van der Waals surface area contributed by atoms with Gasteiger partial charge < -0.3 is 14.8 Å². The molecule has 11 aromatic rings. The van der Waals surface area contributed by atoms with Gasteiger partial charge in [-0.3, -0.25) is 15.1 Å². The van der Waals surface area contributed by atoms with Crippen molar-refractivity contribution >= 4 is 17.3 Å². The molecule has 4 aromatic heterocycles. The third kappa shape index (κ3) is 11.4. The lowest BCUT2D eigenvalue weighted by Crippen LogP contribution is -2.30. The van der Waals surface area contributed by atoms with Gasteiger partial charge in [0, 0.05) is 108 Å². The number of carbonyl (C=O) groups excluding carboxylic acids is 1. The molecule has 0 aliphatic heterocycles. The van der Waals surface area contributed by atoms with Crippen LogP contribution in [0.5, 0.6) is 23.0 Å². The summed E-state index contributed by atoms with van der Waals surface area (Å²) < 4.78 is 20.7. The third-order valence-electron chi connectivity index (χ3n) is 12.4. The molecule has 10 nitrogen and oxygen atoms in total. The highest BCUT2D eigenvalue weighted by atomic mass is 16.6. The minimum atomic E-state index is -0.150. The van der Waals surface area contributed by atoms with Crippen LogP contribution in [-0.4, -0.2) is 5.91 Å². The number of para-hydroxylation sites is 2. The lowest BCUT2D eigenvalue weighted by atomic mass is 10.1. The number of nitrogens with zero attached hydrogens (tertiary/aromatic N) is 4. The number of hydrogen-bond acceptors (Lipinski definition) is 5. The Morgan fingerprint density at radius 2 is 0.730 bits per heavy atom. The number of hydrogen-bond donors (Lipinski definition) is 2. The van der Waals surface area contributed by atoms with E-state index >= 15 is 0 Å². The first-order valence-corrected chi connectivity index (χ1v) is 24.2. The Balaban J connectivity index is 0.646. The number of benzene rings is 7. The highest BCUT2D eigenvalue weighted by molar-refractivity contribution is 6.04. The van der Waals surface area contributed by atoms with Crippen LogP contribution >= 0.6 is 0 Å². The molecule has 0 radical (unpaired) electrons. The van der Waals surface area contributed by atoms with E-state index in [9.17, 15) is 4.79 Å². The molecule has 0 aliphatic rings. The third-order valence-corrected chi connectivity index (χ3v) is 12.4. The monoisotopic (exact) mass is 966 g/mol. The summed E-state index contributed by atoms with van der Waals surface area (Å²) in [6.07, 6.45) is 16.4. The standard InChI is InChI=1S/C64H49N6O4/c71-64(65-54-11-3-1-4-12-54)53-10-8-16-59(46-53)70-43-35-52(36-44-70)50-31-39-68(40-32-50)57-19-23-61(24-20-57)74-63-27-25-62(26-28-63)73-60-21-17-56(18-22-60)67-37-29-49(30-38-67)51-33-41-69(42-34-51)58-15-7-9-48(45-58)47-72-66-55-13-5-2-6-14-55/h1-46,66H,47H2/q+3/p+1. The van der Waals surface area contributed by atoms with Gasteiger partial charge in [-0.2, -0.15) is 18.3 Å². The number of anilines is 2. The molecule has 11 rings (SSSR count). The largest absolute Gasteiger partial charge is 0.457 e. The van der Waals surface area contributed by atoms with Crippen molar-refractivity contribution in [1.82, 2.24) is 0 Å². The topological polar surface area (TPSA) is 84.3 Å². The number of aromatic nitrogens is 4. The zero-order valence-corrected chi connectivity index (χ0v) is 40.2. The zero-order valence-electron chi connectivity index (χ0n) is 40.2.